The van der Waals surface area contributed by atoms with Crippen LogP contribution in [0.5, 0.6) is 5.75 Å². The van der Waals surface area contributed by atoms with Crippen LogP contribution >= 0.6 is 12.2 Å². The van der Waals surface area contributed by atoms with Gasteiger partial charge in [0.1, 0.15) is 11.6 Å². The largest absolute Gasteiger partial charge is 0.497 e. The summed E-state index contributed by atoms with van der Waals surface area (Å²) in [7, 11) is 3.03. The van der Waals surface area contributed by atoms with Gasteiger partial charge in [-0.15, -0.1) is 0 Å². The number of benzene rings is 1. The maximum absolute atomic E-state index is 13.8. The molecule has 1 aromatic carbocycles. The summed E-state index contributed by atoms with van der Waals surface area (Å²) in [5, 5.41) is 0. The number of ether oxygens (including phenoxy) is 1. The van der Waals surface area contributed by atoms with E-state index in [2.05, 4.69) is 0 Å². The summed E-state index contributed by atoms with van der Waals surface area (Å²) in [6, 6.07) is 3.94. The van der Waals surface area contributed by atoms with Gasteiger partial charge in [-0.1, -0.05) is 12.2 Å². The number of methoxy groups -OCH3 is 1. The molecule has 2 N–H and O–H groups in total. The minimum absolute atomic E-state index is 0.00177. The number of nitrogens with two attached hydrogens (primary N) is 1. The zero-order valence-corrected chi connectivity index (χ0v) is 12.0. The lowest BCUT2D eigenvalue weighted by Gasteiger charge is -2.24. The Bertz CT molecular complexity index is 494. The van der Waals surface area contributed by atoms with Crippen molar-refractivity contribution in [2.45, 2.75) is 19.4 Å². The van der Waals surface area contributed by atoms with Crippen LogP contribution in [0.2, 0.25) is 0 Å². The molecule has 0 saturated carbocycles. The standard InChI is InChI=1S/C13H17FN2O2S/c1-8(6-12(15)19)16(2)13(17)10-5-4-9(18-3)7-11(10)14/h4-5,7-8H,6H2,1-3H3,(H2,15,19). The van der Waals surface area contributed by atoms with Gasteiger partial charge in [0, 0.05) is 25.6 Å². The highest BCUT2D eigenvalue weighted by Gasteiger charge is 2.21. The molecule has 104 valence electrons. The third-order valence-corrected chi connectivity index (χ3v) is 3.05. The minimum Gasteiger partial charge on any atom is -0.497 e. The molecule has 1 unspecified atom stereocenters. The summed E-state index contributed by atoms with van der Waals surface area (Å²) in [5.74, 6) is -0.657. The fraction of sp³-hybridized carbons (Fsp3) is 0.385. The third-order valence-electron chi connectivity index (χ3n) is 2.88. The Hall–Kier alpha value is -1.69. The fourth-order valence-electron chi connectivity index (χ4n) is 1.61. The third kappa shape index (κ3) is 3.89. The Labute approximate surface area is 117 Å². The molecule has 1 rings (SSSR count). The second-order valence-corrected chi connectivity index (χ2v) is 4.81. The average Bonchev–Trinajstić information content (AvgIpc) is 2.36. The molecule has 0 bridgehead atoms. The topological polar surface area (TPSA) is 55.6 Å². The van der Waals surface area contributed by atoms with Crippen LogP contribution in [0.15, 0.2) is 18.2 Å². The molecule has 1 aromatic rings. The predicted molar refractivity (Wildman–Crippen MR) is 75.9 cm³/mol. The number of hydrogen-bond acceptors (Lipinski definition) is 3. The van der Waals surface area contributed by atoms with E-state index in [0.717, 1.165) is 0 Å². The van der Waals surface area contributed by atoms with Crippen molar-refractivity contribution in [1.82, 2.24) is 4.90 Å². The minimum atomic E-state index is -0.612. The fourth-order valence-corrected chi connectivity index (χ4v) is 1.86. The Kier molecular flexibility index (Phi) is 5.23. The first-order valence-corrected chi connectivity index (χ1v) is 6.16. The maximum atomic E-state index is 13.8. The Morgan fingerprint density at radius 3 is 2.68 bits per heavy atom. The van der Waals surface area contributed by atoms with Gasteiger partial charge in [0.05, 0.1) is 17.7 Å². The van der Waals surface area contributed by atoms with Gasteiger partial charge in [-0.05, 0) is 19.1 Å². The lowest BCUT2D eigenvalue weighted by Crippen LogP contribution is -2.37. The first kappa shape index (κ1) is 15.4. The summed E-state index contributed by atoms with van der Waals surface area (Å²) in [6.45, 7) is 1.80. The number of carbonyl (C=O) groups is 1. The van der Waals surface area contributed by atoms with Crippen molar-refractivity contribution in [2.24, 2.45) is 5.73 Å². The van der Waals surface area contributed by atoms with Gasteiger partial charge in [-0.2, -0.15) is 0 Å². The van der Waals surface area contributed by atoms with E-state index >= 15 is 0 Å². The average molecular weight is 284 g/mol. The molecule has 0 radical (unpaired) electrons. The van der Waals surface area contributed by atoms with Gasteiger partial charge < -0.3 is 15.4 Å². The Morgan fingerprint density at radius 2 is 2.21 bits per heavy atom. The number of halogens is 1. The van der Waals surface area contributed by atoms with Crippen molar-refractivity contribution in [3.63, 3.8) is 0 Å². The van der Waals surface area contributed by atoms with Crippen LogP contribution in [0.4, 0.5) is 4.39 Å². The number of carbonyl (C=O) groups excluding carboxylic acids is 1. The number of amides is 1. The summed E-state index contributed by atoms with van der Waals surface area (Å²) in [4.78, 5) is 13.9. The van der Waals surface area contributed by atoms with E-state index in [0.29, 0.717) is 17.2 Å². The van der Waals surface area contributed by atoms with Gasteiger partial charge in [0.25, 0.3) is 5.91 Å². The van der Waals surface area contributed by atoms with E-state index in [-0.39, 0.29) is 11.6 Å². The summed E-state index contributed by atoms with van der Waals surface area (Å²) >= 11 is 4.80. The van der Waals surface area contributed by atoms with Crippen LogP contribution in [0.1, 0.15) is 23.7 Å². The SMILES string of the molecule is COc1ccc(C(=O)N(C)C(C)CC(N)=S)c(F)c1. The first-order valence-electron chi connectivity index (χ1n) is 5.75. The van der Waals surface area contributed by atoms with Crippen molar-refractivity contribution in [1.29, 1.82) is 0 Å². The number of hydrogen-bond donors (Lipinski definition) is 1. The summed E-state index contributed by atoms with van der Waals surface area (Å²) < 4.78 is 18.7. The second-order valence-electron chi connectivity index (χ2n) is 4.28. The number of nitrogens with zero attached hydrogens (tertiary/aromatic N) is 1. The van der Waals surface area contributed by atoms with Crippen LogP contribution in [-0.2, 0) is 0 Å². The molecule has 1 amide bonds. The smallest absolute Gasteiger partial charge is 0.256 e. The molecular weight excluding hydrogens is 267 g/mol. The zero-order chi connectivity index (χ0) is 14.6. The van der Waals surface area contributed by atoms with Crippen LogP contribution < -0.4 is 10.5 Å². The maximum Gasteiger partial charge on any atom is 0.256 e. The monoisotopic (exact) mass is 284 g/mol. The van der Waals surface area contributed by atoms with Crippen LogP contribution in [0.3, 0.4) is 0 Å². The van der Waals surface area contributed by atoms with E-state index in [9.17, 15) is 9.18 Å². The van der Waals surface area contributed by atoms with Gasteiger partial charge in [-0.3, -0.25) is 4.79 Å². The van der Waals surface area contributed by atoms with Crippen molar-refractivity contribution >= 4 is 23.1 Å². The van der Waals surface area contributed by atoms with E-state index in [1.54, 1.807) is 20.0 Å². The highest BCUT2D eigenvalue weighted by atomic mass is 32.1. The van der Waals surface area contributed by atoms with Gasteiger partial charge >= 0.3 is 0 Å². The van der Waals surface area contributed by atoms with E-state index in [1.165, 1.54) is 24.1 Å². The second kappa shape index (κ2) is 6.47. The first-order chi connectivity index (χ1) is 8.86. The van der Waals surface area contributed by atoms with E-state index in [4.69, 9.17) is 22.7 Å². The Morgan fingerprint density at radius 1 is 1.58 bits per heavy atom. The van der Waals surface area contributed by atoms with Crippen LogP contribution in [0, 0.1) is 5.82 Å². The molecule has 0 aliphatic heterocycles. The molecule has 0 spiro atoms. The highest BCUT2D eigenvalue weighted by molar-refractivity contribution is 7.80. The molecule has 1 atom stereocenters. The van der Waals surface area contributed by atoms with Crippen molar-refractivity contribution in [3.8, 4) is 5.75 Å². The molecule has 6 heteroatoms. The number of thiocarbonyl (C=S) groups is 1. The van der Waals surface area contributed by atoms with E-state index < -0.39 is 11.7 Å². The predicted octanol–water partition coefficient (Wildman–Crippen LogP) is 1.97. The zero-order valence-electron chi connectivity index (χ0n) is 11.1. The molecule has 0 aromatic heterocycles. The lowest BCUT2D eigenvalue weighted by molar-refractivity contribution is 0.0743. The normalized spacial score (nSPS) is 11.8. The molecular formula is C13H17FN2O2S. The van der Waals surface area contributed by atoms with Crippen molar-refractivity contribution in [3.05, 3.63) is 29.6 Å². The molecule has 0 fully saturated rings. The summed E-state index contributed by atoms with van der Waals surface area (Å²) in [6.07, 6.45) is 0.398. The highest BCUT2D eigenvalue weighted by Crippen LogP contribution is 2.18. The van der Waals surface area contributed by atoms with Crippen molar-refractivity contribution < 1.29 is 13.9 Å². The number of rotatable bonds is 5. The quantitative estimate of drug-likeness (QED) is 0.840. The molecule has 0 heterocycles. The van der Waals surface area contributed by atoms with Crippen LogP contribution in [0.25, 0.3) is 0 Å². The van der Waals surface area contributed by atoms with E-state index in [1.807, 2.05) is 0 Å². The molecule has 19 heavy (non-hydrogen) atoms. The molecule has 4 nitrogen and oxygen atoms in total. The van der Waals surface area contributed by atoms with Gasteiger partial charge in [0.15, 0.2) is 0 Å². The lowest BCUT2D eigenvalue weighted by atomic mass is 10.1. The van der Waals surface area contributed by atoms with Crippen LogP contribution in [-0.4, -0.2) is 36.0 Å². The van der Waals surface area contributed by atoms with Crippen molar-refractivity contribution in [2.75, 3.05) is 14.2 Å². The molecule has 0 aliphatic carbocycles. The molecule has 0 aliphatic rings. The Balaban J connectivity index is 2.90. The molecule has 0 saturated heterocycles. The van der Waals surface area contributed by atoms with Gasteiger partial charge in [0.2, 0.25) is 0 Å². The summed E-state index contributed by atoms with van der Waals surface area (Å²) in [5.41, 5.74) is 5.44. The van der Waals surface area contributed by atoms with Gasteiger partial charge in [-0.25, -0.2) is 4.39 Å².